The lowest BCUT2D eigenvalue weighted by Crippen LogP contribution is -2.10. The highest BCUT2D eigenvalue weighted by atomic mass is 16.5. The second-order valence-corrected chi connectivity index (χ2v) is 3.77. The van der Waals surface area contributed by atoms with Gasteiger partial charge in [0.05, 0.1) is 13.0 Å². The lowest BCUT2D eigenvalue weighted by atomic mass is 10.0. The number of aromatic hydroxyl groups is 1. The normalized spacial score (nSPS) is 12.1. The number of benzene rings is 1. The van der Waals surface area contributed by atoms with Gasteiger partial charge in [0, 0.05) is 6.07 Å². The van der Waals surface area contributed by atoms with Gasteiger partial charge in [0.15, 0.2) is 0 Å². The molecule has 1 atom stereocenters. The first-order valence-corrected chi connectivity index (χ1v) is 5.13. The number of methoxy groups -OCH3 is 1. The quantitative estimate of drug-likeness (QED) is 0.803. The highest BCUT2D eigenvalue weighted by Gasteiger charge is 2.12. The minimum absolute atomic E-state index is 0.145. The van der Waals surface area contributed by atoms with Crippen molar-refractivity contribution in [3.05, 3.63) is 23.8 Å². The van der Waals surface area contributed by atoms with E-state index in [0.717, 1.165) is 5.56 Å². The Kier molecular flexibility index (Phi) is 4.17. The first kappa shape index (κ1) is 12.4. The van der Waals surface area contributed by atoms with Crippen LogP contribution in [0.25, 0.3) is 0 Å². The lowest BCUT2D eigenvalue weighted by molar-refractivity contribution is -0.141. The van der Waals surface area contributed by atoms with Crippen LogP contribution < -0.4 is 4.74 Å². The maximum Gasteiger partial charge on any atom is 0.306 e. The Balaban J connectivity index is 2.70. The summed E-state index contributed by atoms with van der Waals surface area (Å²) in [4.78, 5) is 10.7. The number of hydrogen-bond acceptors (Lipinski definition) is 3. The Morgan fingerprint density at radius 2 is 2.19 bits per heavy atom. The molecule has 1 aromatic carbocycles. The summed E-state index contributed by atoms with van der Waals surface area (Å²) in [5, 5.41) is 18.0. The molecule has 0 bridgehead atoms. The minimum Gasteiger partial charge on any atom is -0.508 e. The molecule has 2 N–H and O–H groups in total. The molecule has 0 fully saturated rings. The van der Waals surface area contributed by atoms with Crippen molar-refractivity contribution < 1.29 is 19.7 Å². The fraction of sp³-hybridized carbons (Fsp3) is 0.417. The Morgan fingerprint density at radius 1 is 1.50 bits per heavy atom. The van der Waals surface area contributed by atoms with E-state index >= 15 is 0 Å². The van der Waals surface area contributed by atoms with Crippen molar-refractivity contribution >= 4 is 5.97 Å². The van der Waals surface area contributed by atoms with Gasteiger partial charge >= 0.3 is 5.97 Å². The second kappa shape index (κ2) is 5.39. The van der Waals surface area contributed by atoms with Gasteiger partial charge in [0.2, 0.25) is 0 Å². The zero-order valence-corrected chi connectivity index (χ0v) is 9.43. The third kappa shape index (κ3) is 3.15. The molecule has 0 radical (unpaired) electrons. The van der Waals surface area contributed by atoms with Crippen LogP contribution >= 0.6 is 0 Å². The van der Waals surface area contributed by atoms with E-state index in [1.807, 2.05) is 0 Å². The van der Waals surface area contributed by atoms with Gasteiger partial charge in [-0.3, -0.25) is 4.79 Å². The summed E-state index contributed by atoms with van der Waals surface area (Å²) < 4.78 is 5.11. The molecule has 0 aliphatic carbocycles. The van der Waals surface area contributed by atoms with Gasteiger partial charge in [-0.15, -0.1) is 0 Å². The summed E-state index contributed by atoms with van der Waals surface area (Å²) in [6.07, 6.45) is 1.17. The molecule has 88 valence electrons. The third-order valence-electron chi connectivity index (χ3n) is 2.54. The Labute approximate surface area is 94.5 Å². The number of ether oxygens (including phenoxy) is 1. The topological polar surface area (TPSA) is 66.8 Å². The molecule has 0 amide bonds. The van der Waals surface area contributed by atoms with E-state index in [1.54, 1.807) is 19.1 Å². The number of hydrogen-bond donors (Lipinski definition) is 2. The van der Waals surface area contributed by atoms with Crippen LogP contribution in [0.3, 0.4) is 0 Å². The predicted molar refractivity (Wildman–Crippen MR) is 59.8 cm³/mol. The lowest BCUT2D eigenvalue weighted by Gasteiger charge is -2.10. The number of phenols is 1. The van der Waals surface area contributed by atoms with Gasteiger partial charge in [0.25, 0.3) is 0 Å². The van der Waals surface area contributed by atoms with Crippen LogP contribution in [-0.4, -0.2) is 23.3 Å². The van der Waals surface area contributed by atoms with Crippen LogP contribution in [0.5, 0.6) is 11.5 Å². The molecule has 0 saturated heterocycles. The average Bonchev–Trinajstić information content (AvgIpc) is 2.26. The van der Waals surface area contributed by atoms with E-state index < -0.39 is 5.97 Å². The molecule has 1 unspecified atom stereocenters. The zero-order valence-electron chi connectivity index (χ0n) is 9.43. The molecule has 16 heavy (non-hydrogen) atoms. The van der Waals surface area contributed by atoms with Crippen molar-refractivity contribution in [2.45, 2.75) is 19.8 Å². The van der Waals surface area contributed by atoms with Crippen molar-refractivity contribution in [1.82, 2.24) is 0 Å². The van der Waals surface area contributed by atoms with Gasteiger partial charge in [-0.2, -0.15) is 0 Å². The molecule has 4 heteroatoms. The number of carboxylic acid groups (broad SMARTS) is 1. The standard InChI is InChI=1S/C12H16O4/c1-8(12(14)15)3-4-9-5-6-10(13)7-11(9)16-2/h5-8,13H,3-4H2,1-2H3,(H,14,15). The first-order chi connectivity index (χ1) is 7.54. The Hall–Kier alpha value is -1.71. The second-order valence-electron chi connectivity index (χ2n) is 3.77. The molecular weight excluding hydrogens is 208 g/mol. The van der Waals surface area contributed by atoms with Gasteiger partial charge in [-0.1, -0.05) is 13.0 Å². The first-order valence-electron chi connectivity index (χ1n) is 5.13. The van der Waals surface area contributed by atoms with E-state index in [9.17, 15) is 9.90 Å². The fourth-order valence-electron chi connectivity index (χ4n) is 1.44. The maximum absolute atomic E-state index is 10.7. The van der Waals surface area contributed by atoms with Crippen LogP contribution in [0.2, 0.25) is 0 Å². The van der Waals surface area contributed by atoms with E-state index in [2.05, 4.69) is 0 Å². The highest BCUT2D eigenvalue weighted by Crippen LogP contribution is 2.25. The molecule has 4 nitrogen and oxygen atoms in total. The summed E-state index contributed by atoms with van der Waals surface area (Å²) in [7, 11) is 1.53. The van der Waals surface area contributed by atoms with Gasteiger partial charge in [-0.05, 0) is 24.5 Å². The Bertz CT molecular complexity index is 373. The number of carboxylic acids is 1. The van der Waals surface area contributed by atoms with Gasteiger partial charge < -0.3 is 14.9 Å². The molecule has 0 aliphatic heterocycles. The monoisotopic (exact) mass is 224 g/mol. The van der Waals surface area contributed by atoms with Crippen LogP contribution in [0.15, 0.2) is 18.2 Å². The number of carbonyl (C=O) groups is 1. The number of aliphatic carboxylic acids is 1. The molecule has 0 heterocycles. The predicted octanol–water partition coefficient (Wildman–Crippen LogP) is 2.05. The molecule has 0 spiro atoms. The van der Waals surface area contributed by atoms with E-state index in [1.165, 1.54) is 13.2 Å². The zero-order chi connectivity index (χ0) is 12.1. The van der Waals surface area contributed by atoms with Crippen molar-refractivity contribution in [3.63, 3.8) is 0 Å². The molecule has 0 saturated carbocycles. The van der Waals surface area contributed by atoms with Gasteiger partial charge in [0.1, 0.15) is 11.5 Å². The highest BCUT2D eigenvalue weighted by molar-refractivity contribution is 5.69. The molecule has 0 aliphatic rings. The molecular formula is C12H16O4. The molecule has 0 aromatic heterocycles. The molecule has 1 rings (SSSR count). The summed E-state index contributed by atoms with van der Waals surface area (Å²) in [5.74, 6) is -0.430. The van der Waals surface area contributed by atoms with Crippen LogP contribution in [0, 0.1) is 5.92 Å². The van der Waals surface area contributed by atoms with Gasteiger partial charge in [-0.25, -0.2) is 0 Å². The van der Waals surface area contributed by atoms with Crippen molar-refractivity contribution in [2.75, 3.05) is 7.11 Å². The van der Waals surface area contributed by atoms with E-state index in [0.29, 0.717) is 18.6 Å². The summed E-state index contributed by atoms with van der Waals surface area (Å²) in [5.41, 5.74) is 0.911. The summed E-state index contributed by atoms with van der Waals surface area (Å²) >= 11 is 0. The summed E-state index contributed by atoms with van der Waals surface area (Å²) in [6.45, 7) is 1.68. The van der Waals surface area contributed by atoms with E-state index in [-0.39, 0.29) is 11.7 Å². The van der Waals surface area contributed by atoms with Crippen molar-refractivity contribution in [3.8, 4) is 11.5 Å². The Morgan fingerprint density at radius 3 is 2.75 bits per heavy atom. The van der Waals surface area contributed by atoms with Crippen LogP contribution in [0.1, 0.15) is 18.9 Å². The van der Waals surface area contributed by atoms with Crippen LogP contribution in [-0.2, 0) is 11.2 Å². The average molecular weight is 224 g/mol. The summed E-state index contributed by atoms with van der Waals surface area (Å²) in [6, 6.07) is 4.85. The third-order valence-corrected chi connectivity index (χ3v) is 2.54. The fourth-order valence-corrected chi connectivity index (χ4v) is 1.44. The SMILES string of the molecule is COc1cc(O)ccc1CCC(C)C(=O)O. The number of aryl methyl sites for hydroxylation is 1. The van der Waals surface area contributed by atoms with E-state index in [4.69, 9.17) is 9.84 Å². The van der Waals surface area contributed by atoms with Crippen LogP contribution in [0.4, 0.5) is 0 Å². The number of phenolic OH excluding ortho intramolecular Hbond substituents is 1. The van der Waals surface area contributed by atoms with Crippen molar-refractivity contribution in [1.29, 1.82) is 0 Å². The maximum atomic E-state index is 10.7. The smallest absolute Gasteiger partial charge is 0.306 e. The van der Waals surface area contributed by atoms with Crippen molar-refractivity contribution in [2.24, 2.45) is 5.92 Å². The molecule has 1 aromatic rings. The minimum atomic E-state index is -0.794. The largest absolute Gasteiger partial charge is 0.508 e. The number of rotatable bonds is 5.